The van der Waals surface area contributed by atoms with Crippen LogP contribution in [0.2, 0.25) is 0 Å². The monoisotopic (exact) mass is 304 g/mol. The molecule has 1 aromatic carbocycles. The van der Waals surface area contributed by atoms with Gasteiger partial charge in [0, 0.05) is 11.4 Å². The Kier molecular flexibility index (Phi) is 5.63. The maximum atomic E-state index is 11.7. The van der Waals surface area contributed by atoms with Crippen LogP contribution >= 0.6 is 11.3 Å². The predicted molar refractivity (Wildman–Crippen MR) is 86.0 cm³/mol. The van der Waals surface area contributed by atoms with Gasteiger partial charge in [0.1, 0.15) is 5.75 Å². The Morgan fingerprint density at radius 2 is 2.14 bits per heavy atom. The Morgan fingerprint density at radius 3 is 2.86 bits per heavy atom. The summed E-state index contributed by atoms with van der Waals surface area (Å²) in [7, 11) is 1.66. The fourth-order valence-corrected chi connectivity index (χ4v) is 2.70. The van der Waals surface area contributed by atoms with E-state index < -0.39 is 0 Å². The number of benzene rings is 1. The first-order valence-electron chi connectivity index (χ1n) is 6.86. The SMILES string of the molecule is COc1ccc(C)cc1CCNC(=O)NCc1cccs1. The molecule has 0 radical (unpaired) electrons. The highest BCUT2D eigenvalue weighted by Crippen LogP contribution is 2.19. The van der Waals surface area contributed by atoms with Gasteiger partial charge in [0.25, 0.3) is 0 Å². The van der Waals surface area contributed by atoms with Gasteiger partial charge in [-0.1, -0.05) is 23.8 Å². The van der Waals surface area contributed by atoms with E-state index in [1.54, 1.807) is 18.4 Å². The first-order chi connectivity index (χ1) is 10.2. The molecule has 2 rings (SSSR count). The van der Waals surface area contributed by atoms with E-state index in [1.165, 1.54) is 5.56 Å². The number of rotatable bonds is 6. The maximum absolute atomic E-state index is 11.7. The lowest BCUT2D eigenvalue weighted by molar-refractivity contribution is 0.240. The number of methoxy groups -OCH3 is 1. The van der Waals surface area contributed by atoms with Gasteiger partial charge >= 0.3 is 6.03 Å². The molecule has 21 heavy (non-hydrogen) atoms. The molecule has 2 N–H and O–H groups in total. The van der Waals surface area contributed by atoms with Crippen LogP contribution in [0.25, 0.3) is 0 Å². The van der Waals surface area contributed by atoms with Crippen LogP contribution in [0.5, 0.6) is 5.75 Å². The highest BCUT2D eigenvalue weighted by molar-refractivity contribution is 7.09. The zero-order chi connectivity index (χ0) is 15.1. The fourth-order valence-electron chi connectivity index (χ4n) is 2.06. The molecule has 0 saturated carbocycles. The molecule has 0 spiro atoms. The number of hydrogen-bond acceptors (Lipinski definition) is 3. The molecular formula is C16H20N2O2S. The van der Waals surface area contributed by atoms with Crippen molar-refractivity contribution in [3.63, 3.8) is 0 Å². The molecule has 0 unspecified atom stereocenters. The first-order valence-corrected chi connectivity index (χ1v) is 7.74. The van der Waals surface area contributed by atoms with Gasteiger partial charge in [0.2, 0.25) is 0 Å². The lowest BCUT2D eigenvalue weighted by Crippen LogP contribution is -2.36. The molecule has 0 aliphatic carbocycles. The van der Waals surface area contributed by atoms with E-state index in [-0.39, 0.29) is 6.03 Å². The summed E-state index contributed by atoms with van der Waals surface area (Å²) in [5.41, 5.74) is 2.30. The van der Waals surface area contributed by atoms with Gasteiger partial charge in [-0.2, -0.15) is 0 Å². The Labute approximate surface area is 129 Å². The second-order valence-corrected chi connectivity index (χ2v) is 5.79. The molecule has 1 aromatic heterocycles. The van der Waals surface area contributed by atoms with Gasteiger partial charge < -0.3 is 15.4 Å². The molecule has 4 nitrogen and oxygen atoms in total. The summed E-state index contributed by atoms with van der Waals surface area (Å²) in [6.45, 7) is 3.19. The van der Waals surface area contributed by atoms with E-state index in [0.29, 0.717) is 13.1 Å². The largest absolute Gasteiger partial charge is 0.496 e. The smallest absolute Gasteiger partial charge is 0.315 e. The zero-order valence-corrected chi connectivity index (χ0v) is 13.1. The van der Waals surface area contributed by atoms with E-state index >= 15 is 0 Å². The molecule has 0 saturated heterocycles. The molecule has 0 bridgehead atoms. The van der Waals surface area contributed by atoms with Crippen molar-refractivity contribution in [3.8, 4) is 5.75 Å². The van der Waals surface area contributed by atoms with Crippen LogP contribution in [0.15, 0.2) is 35.7 Å². The zero-order valence-electron chi connectivity index (χ0n) is 12.3. The minimum absolute atomic E-state index is 0.144. The number of ether oxygens (including phenoxy) is 1. The number of amides is 2. The van der Waals surface area contributed by atoms with Gasteiger partial charge in [0.15, 0.2) is 0 Å². The van der Waals surface area contributed by atoms with Crippen molar-refractivity contribution >= 4 is 17.4 Å². The van der Waals surface area contributed by atoms with Crippen LogP contribution in [-0.4, -0.2) is 19.7 Å². The number of thiophene rings is 1. The Bertz CT molecular complexity index is 582. The summed E-state index contributed by atoms with van der Waals surface area (Å²) < 4.78 is 5.33. The average Bonchev–Trinajstić information content (AvgIpc) is 2.99. The van der Waals surface area contributed by atoms with E-state index in [2.05, 4.69) is 16.7 Å². The average molecular weight is 304 g/mol. The van der Waals surface area contributed by atoms with Crippen LogP contribution in [-0.2, 0) is 13.0 Å². The van der Waals surface area contributed by atoms with Gasteiger partial charge in [0.05, 0.1) is 13.7 Å². The molecule has 2 aromatic rings. The quantitative estimate of drug-likeness (QED) is 0.861. The highest BCUT2D eigenvalue weighted by atomic mass is 32.1. The van der Waals surface area contributed by atoms with Gasteiger partial charge in [-0.15, -0.1) is 11.3 Å². The van der Waals surface area contributed by atoms with Crippen LogP contribution in [0, 0.1) is 6.92 Å². The molecule has 0 atom stereocenters. The third kappa shape index (κ3) is 4.79. The lowest BCUT2D eigenvalue weighted by atomic mass is 10.1. The van der Waals surface area contributed by atoms with Crippen molar-refractivity contribution in [1.29, 1.82) is 0 Å². The highest BCUT2D eigenvalue weighted by Gasteiger charge is 2.05. The Morgan fingerprint density at radius 1 is 1.29 bits per heavy atom. The van der Waals surface area contributed by atoms with E-state index in [0.717, 1.165) is 22.6 Å². The van der Waals surface area contributed by atoms with Crippen molar-refractivity contribution < 1.29 is 9.53 Å². The molecule has 0 aliphatic heterocycles. The van der Waals surface area contributed by atoms with Crippen molar-refractivity contribution in [2.24, 2.45) is 0 Å². The molecular weight excluding hydrogens is 284 g/mol. The number of carbonyl (C=O) groups is 1. The molecule has 0 fully saturated rings. The standard InChI is InChI=1S/C16H20N2O2S/c1-12-5-6-15(20-2)13(10-12)7-8-17-16(19)18-11-14-4-3-9-21-14/h3-6,9-10H,7-8,11H2,1-2H3,(H2,17,18,19). The van der Waals surface area contributed by atoms with Gasteiger partial charge in [-0.25, -0.2) is 4.79 Å². The normalized spacial score (nSPS) is 10.2. The number of hydrogen-bond donors (Lipinski definition) is 2. The number of aryl methyl sites for hydroxylation is 1. The summed E-state index contributed by atoms with van der Waals surface area (Å²) in [5, 5.41) is 7.70. The minimum atomic E-state index is -0.144. The number of nitrogens with one attached hydrogen (secondary N) is 2. The van der Waals surface area contributed by atoms with Crippen molar-refractivity contribution in [3.05, 3.63) is 51.7 Å². The summed E-state index contributed by atoms with van der Waals surface area (Å²) in [4.78, 5) is 12.8. The first kappa shape index (κ1) is 15.4. The number of carbonyl (C=O) groups excluding carboxylic acids is 1. The molecule has 112 valence electrons. The predicted octanol–water partition coefficient (Wildman–Crippen LogP) is 3.11. The third-order valence-corrected chi connectivity index (χ3v) is 4.00. The van der Waals surface area contributed by atoms with Crippen molar-refractivity contribution in [2.75, 3.05) is 13.7 Å². The second-order valence-electron chi connectivity index (χ2n) is 4.75. The lowest BCUT2D eigenvalue weighted by Gasteiger charge is -2.10. The Hall–Kier alpha value is -2.01. The summed E-state index contributed by atoms with van der Waals surface area (Å²) in [6.07, 6.45) is 0.747. The van der Waals surface area contributed by atoms with Gasteiger partial charge in [-0.05, 0) is 36.4 Å². The topological polar surface area (TPSA) is 50.4 Å². The van der Waals surface area contributed by atoms with E-state index in [9.17, 15) is 4.79 Å². The van der Waals surface area contributed by atoms with E-state index in [4.69, 9.17) is 4.74 Å². The molecule has 1 heterocycles. The van der Waals surface area contributed by atoms with Crippen LogP contribution < -0.4 is 15.4 Å². The Balaban J connectivity index is 1.76. The summed E-state index contributed by atoms with van der Waals surface area (Å²) >= 11 is 1.63. The van der Waals surface area contributed by atoms with Crippen molar-refractivity contribution in [2.45, 2.75) is 19.9 Å². The fraction of sp³-hybridized carbons (Fsp3) is 0.312. The van der Waals surface area contributed by atoms with E-state index in [1.807, 2.05) is 36.6 Å². The second kappa shape index (κ2) is 7.69. The summed E-state index contributed by atoms with van der Waals surface area (Å²) in [6, 6.07) is 9.90. The third-order valence-electron chi connectivity index (χ3n) is 3.12. The molecule has 0 aliphatic rings. The van der Waals surface area contributed by atoms with Crippen LogP contribution in [0.1, 0.15) is 16.0 Å². The maximum Gasteiger partial charge on any atom is 0.315 e. The number of urea groups is 1. The van der Waals surface area contributed by atoms with Gasteiger partial charge in [-0.3, -0.25) is 0 Å². The van der Waals surface area contributed by atoms with Crippen LogP contribution in [0.3, 0.4) is 0 Å². The molecule has 2 amide bonds. The van der Waals surface area contributed by atoms with Crippen LogP contribution in [0.4, 0.5) is 4.79 Å². The molecule has 5 heteroatoms. The summed E-state index contributed by atoms with van der Waals surface area (Å²) in [5.74, 6) is 0.862. The minimum Gasteiger partial charge on any atom is -0.496 e. The van der Waals surface area contributed by atoms with Crippen molar-refractivity contribution in [1.82, 2.24) is 10.6 Å².